The molecule has 0 aliphatic rings. The summed E-state index contributed by atoms with van der Waals surface area (Å²) in [7, 11) is 1.93. The molecule has 2 aromatic rings. The Kier molecular flexibility index (Phi) is 4.56. The summed E-state index contributed by atoms with van der Waals surface area (Å²) in [5.74, 6) is 0.551. The van der Waals surface area contributed by atoms with Gasteiger partial charge in [-0.15, -0.1) is 0 Å². The fraction of sp³-hybridized carbons (Fsp3) is 0.357. The van der Waals surface area contributed by atoms with Crippen molar-refractivity contribution in [3.8, 4) is 0 Å². The second-order valence-electron chi connectivity index (χ2n) is 4.41. The van der Waals surface area contributed by atoms with Gasteiger partial charge in [-0.2, -0.15) is 0 Å². The quantitative estimate of drug-likeness (QED) is 0.913. The van der Waals surface area contributed by atoms with E-state index in [2.05, 4.69) is 10.3 Å². The van der Waals surface area contributed by atoms with Gasteiger partial charge < -0.3 is 9.88 Å². The van der Waals surface area contributed by atoms with Gasteiger partial charge in [0.05, 0.1) is 5.02 Å². The van der Waals surface area contributed by atoms with Crippen LogP contribution in [0.4, 0.5) is 4.39 Å². The monoisotopic (exact) mass is 281 g/mol. The molecule has 0 spiro atoms. The molecule has 1 atom stereocenters. The van der Waals surface area contributed by atoms with Crippen molar-refractivity contribution < 1.29 is 4.39 Å². The highest BCUT2D eigenvalue weighted by Crippen LogP contribution is 2.25. The van der Waals surface area contributed by atoms with Gasteiger partial charge in [0.15, 0.2) is 0 Å². The highest BCUT2D eigenvalue weighted by atomic mass is 35.5. The zero-order valence-electron chi connectivity index (χ0n) is 11.0. The third kappa shape index (κ3) is 3.14. The van der Waals surface area contributed by atoms with Crippen molar-refractivity contribution in [1.82, 2.24) is 14.9 Å². The lowest BCUT2D eigenvalue weighted by Crippen LogP contribution is -2.25. The predicted octanol–water partition coefficient (Wildman–Crippen LogP) is 3.11. The van der Waals surface area contributed by atoms with E-state index < -0.39 is 0 Å². The number of nitrogens with one attached hydrogen (secondary N) is 1. The number of benzene rings is 1. The van der Waals surface area contributed by atoms with Crippen molar-refractivity contribution in [3.63, 3.8) is 0 Å². The van der Waals surface area contributed by atoms with E-state index in [4.69, 9.17) is 11.6 Å². The van der Waals surface area contributed by atoms with E-state index in [0.717, 1.165) is 12.4 Å². The minimum Gasteiger partial charge on any atom is -0.338 e. The molecule has 0 fully saturated rings. The van der Waals surface area contributed by atoms with E-state index in [1.807, 2.05) is 24.7 Å². The van der Waals surface area contributed by atoms with Crippen LogP contribution in [0.15, 0.2) is 30.6 Å². The van der Waals surface area contributed by atoms with Crippen LogP contribution in [-0.4, -0.2) is 16.1 Å². The van der Waals surface area contributed by atoms with Crippen molar-refractivity contribution in [1.29, 1.82) is 0 Å². The highest BCUT2D eigenvalue weighted by molar-refractivity contribution is 6.30. The second kappa shape index (κ2) is 6.17. The average Bonchev–Trinajstić information content (AvgIpc) is 2.78. The van der Waals surface area contributed by atoms with Crippen LogP contribution in [0.25, 0.3) is 0 Å². The maximum atomic E-state index is 14.1. The number of aryl methyl sites for hydroxylation is 1. The van der Waals surface area contributed by atoms with Crippen molar-refractivity contribution in [2.75, 3.05) is 6.54 Å². The number of hydrogen-bond acceptors (Lipinski definition) is 2. The first-order chi connectivity index (χ1) is 9.13. The van der Waals surface area contributed by atoms with Crippen LogP contribution in [-0.2, 0) is 13.5 Å². The van der Waals surface area contributed by atoms with Gasteiger partial charge in [0.25, 0.3) is 0 Å². The first kappa shape index (κ1) is 14.0. The maximum absolute atomic E-state index is 14.1. The smallest absolute Gasteiger partial charge is 0.146 e. The number of likely N-dealkylation sites (N-methyl/N-ethyl adjacent to an activating group) is 1. The van der Waals surface area contributed by atoms with Crippen LogP contribution in [0.5, 0.6) is 0 Å². The number of halogens is 2. The molecular weight excluding hydrogens is 265 g/mol. The Hall–Kier alpha value is -1.39. The third-order valence-electron chi connectivity index (χ3n) is 3.12. The molecule has 19 heavy (non-hydrogen) atoms. The summed E-state index contributed by atoms with van der Waals surface area (Å²) in [6.07, 6.45) is 4.24. The van der Waals surface area contributed by atoms with E-state index >= 15 is 0 Å². The molecular formula is C14H17ClFN3. The van der Waals surface area contributed by atoms with Gasteiger partial charge in [0.1, 0.15) is 11.6 Å². The van der Waals surface area contributed by atoms with E-state index in [1.54, 1.807) is 24.4 Å². The molecule has 102 valence electrons. The number of imidazole rings is 1. The summed E-state index contributed by atoms with van der Waals surface area (Å²) in [6, 6.07) is 4.95. The molecule has 0 bridgehead atoms. The largest absolute Gasteiger partial charge is 0.338 e. The highest BCUT2D eigenvalue weighted by Gasteiger charge is 2.18. The predicted molar refractivity (Wildman–Crippen MR) is 74.7 cm³/mol. The van der Waals surface area contributed by atoms with Crippen molar-refractivity contribution >= 4 is 11.6 Å². The number of aromatic nitrogens is 2. The maximum Gasteiger partial charge on any atom is 0.146 e. The molecule has 1 N–H and O–H groups in total. The first-order valence-corrected chi connectivity index (χ1v) is 6.64. The van der Waals surface area contributed by atoms with Gasteiger partial charge >= 0.3 is 0 Å². The van der Waals surface area contributed by atoms with Gasteiger partial charge in [-0.3, -0.25) is 0 Å². The van der Waals surface area contributed by atoms with Crippen LogP contribution in [0, 0.1) is 5.82 Å². The Morgan fingerprint density at radius 3 is 2.89 bits per heavy atom. The number of hydrogen-bond donors (Lipinski definition) is 1. The number of nitrogens with zero attached hydrogens (tertiary/aromatic N) is 2. The standard InChI is InChI=1S/C14H17ClFN3/c1-3-17-12(9-13-18-7-8-19(13)2)10-5-4-6-11(15)14(10)16/h4-8,12,17H,3,9H2,1-2H3. The van der Waals surface area contributed by atoms with E-state index in [1.165, 1.54) is 0 Å². The molecule has 1 aromatic carbocycles. The van der Waals surface area contributed by atoms with Crippen LogP contribution in [0.3, 0.4) is 0 Å². The SMILES string of the molecule is CCNC(Cc1nccn1C)c1cccc(Cl)c1F. The van der Waals surface area contributed by atoms with Crippen LogP contribution in [0.1, 0.15) is 24.4 Å². The van der Waals surface area contributed by atoms with Gasteiger partial charge in [-0.05, 0) is 12.6 Å². The summed E-state index contributed by atoms with van der Waals surface area (Å²) in [6.45, 7) is 2.74. The van der Waals surface area contributed by atoms with Crippen molar-refractivity contribution in [3.05, 3.63) is 52.8 Å². The second-order valence-corrected chi connectivity index (χ2v) is 4.82. The Morgan fingerprint density at radius 2 is 2.26 bits per heavy atom. The zero-order chi connectivity index (χ0) is 13.8. The molecule has 1 heterocycles. The summed E-state index contributed by atoms with van der Waals surface area (Å²) in [5, 5.41) is 3.43. The molecule has 3 nitrogen and oxygen atoms in total. The molecule has 0 saturated carbocycles. The molecule has 0 saturated heterocycles. The van der Waals surface area contributed by atoms with Crippen LogP contribution >= 0.6 is 11.6 Å². The van der Waals surface area contributed by atoms with Crippen molar-refractivity contribution in [2.24, 2.45) is 7.05 Å². The Labute approximate surface area is 117 Å². The summed E-state index contributed by atoms with van der Waals surface area (Å²) < 4.78 is 16.0. The molecule has 2 rings (SSSR count). The minimum atomic E-state index is -0.357. The molecule has 0 aliphatic carbocycles. The summed E-state index contributed by atoms with van der Waals surface area (Å²) in [5.41, 5.74) is 0.581. The summed E-state index contributed by atoms with van der Waals surface area (Å²) >= 11 is 5.85. The van der Waals surface area contributed by atoms with E-state index in [0.29, 0.717) is 12.0 Å². The molecule has 1 aromatic heterocycles. The van der Waals surface area contributed by atoms with E-state index in [9.17, 15) is 4.39 Å². The van der Waals surface area contributed by atoms with Gasteiger partial charge in [0.2, 0.25) is 0 Å². The topological polar surface area (TPSA) is 29.9 Å². The number of rotatable bonds is 5. The van der Waals surface area contributed by atoms with Crippen LogP contribution < -0.4 is 5.32 Å². The fourth-order valence-electron chi connectivity index (χ4n) is 2.10. The van der Waals surface area contributed by atoms with Crippen LogP contribution in [0.2, 0.25) is 5.02 Å². The molecule has 5 heteroatoms. The Bertz CT molecular complexity index is 553. The first-order valence-electron chi connectivity index (χ1n) is 6.27. The lowest BCUT2D eigenvalue weighted by molar-refractivity contribution is 0.496. The molecule has 0 aliphatic heterocycles. The lowest BCUT2D eigenvalue weighted by Gasteiger charge is -2.19. The molecule has 1 unspecified atom stereocenters. The van der Waals surface area contributed by atoms with Gasteiger partial charge in [-0.1, -0.05) is 30.7 Å². The minimum absolute atomic E-state index is 0.134. The van der Waals surface area contributed by atoms with E-state index in [-0.39, 0.29) is 16.9 Å². The Balaban J connectivity index is 2.29. The zero-order valence-corrected chi connectivity index (χ0v) is 11.8. The lowest BCUT2D eigenvalue weighted by atomic mass is 10.0. The third-order valence-corrected chi connectivity index (χ3v) is 3.41. The average molecular weight is 282 g/mol. The summed E-state index contributed by atoms with van der Waals surface area (Å²) in [4.78, 5) is 4.28. The van der Waals surface area contributed by atoms with Gasteiger partial charge in [-0.25, -0.2) is 9.37 Å². The Morgan fingerprint density at radius 1 is 1.47 bits per heavy atom. The molecule has 0 radical (unpaired) electrons. The van der Waals surface area contributed by atoms with Gasteiger partial charge in [0, 0.05) is 37.5 Å². The van der Waals surface area contributed by atoms with Crippen molar-refractivity contribution in [2.45, 2.75) is 19.4 Å². The molecule has 0 amide bonds. The normalized spacial score (nSPS) is 12.6. The fourth-order valence-corrected chi connectivity index (χ4v) is 2.29.